The van der Waals surface area contributed by atoms with Crippen molar-refractivity contribution in [1.82, 2.24) is 15.3 Å². The molecule has 2 rings (SSSR count). The number of hydrogen-bond acceptors (Lipinski definition) is 3. The fourth-order valence-electron chi connectivity index (χ4n) is 2.80. The highest BCUT2D eigenvalue weighted by atomic mass is 14.9. The van der Waals surface area contributed by atoms with Crippen LogP contribution in [0.3, 0.4) is 0 Å². The highest BCUT2D eigenvalue weighted by molar-refractivity contribution is 5.29. The minimum atomic E-state index is 0.256. The Labute approximate surface area is 117 Å². The van der Waals surface area contributed by atoms with Crippen molar-refractivity contribution in [2.45, 2.75) is 65.8 Å². The van der Waals surface area contributed by atoms with Gasteiger partial charge in [-0.1, -0.05) is 27.7 Å². The maximum Gasteiger partial charge on any atom is 0.115 e. The maximum absolute atomic E-state index is 4.56. The van der Waals surface area contributed by atoms with Crippen LogP contribution < -0.4 is 5.32 Å². The lowest BCUT2D eigenvalue weighted by atomic mass is 9.83. The quantitative estimate of drug-likeness (QED) is 0.885. The molecular weight excluding hydrogens is 234 g/mol. The van der Waals surface area contributed by atoms with E-state index in [-0.39, 0.29) is 5.41 Å². The van der Waals surface area contributed by atoms with Gasteiger partial charge in [0.25, 0.3) is 0 Å². The second-order valence-electron chi connectivity index (χ2n) is 6.68. The topological polar surface area (TPSA) is 37.8 Å². The number of rotatable bonds is 5. The Morgan fingerprint density at radius 3 is 2.74 bits per heavy atom. The van der Waals surface area contributed by atoms with Crippen molar-refractivity contribution in [3.63, 3.8) is 0 Å². The van der Waals surface area contributed by atoms with E-state index in [0.717, 1.165) is 25.8 Å². The van der Waals surface area contributed by atoms with E-state index in [1.165, 1.54) is 29.8 Å². The van der Waals surface area contributed by atoms with Crippen molar-refractivity contribution in [3.8, 4) is 0 Å². The highest BCUT2D eigenvalue weighted by Gasteiger charge is 2.27. The van der Waals surface area contributed by atoms with E-state index in [1.807, 2.05) is 0 Å². The second-order valence-corrected chi connectivity index (χ2v) is 6.68. The average molecular weight is 261 g/mol. The number of nitrogens with one attached hydrogen (secondary N) is 1. The zero-order valence-corrected chi connectivity index (χ0v) is 12.8. The summed E-state index contributed by atoms with van der Waals surface area (Å²) in [5.41, 5.74) is 4.24. The minimum absolute atomic E-state index is 0.256. The molecular formula is C16H27N3. The van der Waals surface area contributed by atoms with Crippen molar-refractivity contribution in [2.75, 3.05) is 6.54 Å². The van der Waals surface area contributed by atoms with Gasteiger partial charge in [0, 0.05) is 23.9 Å². The average Bonchev–Trinajstić information content (AvgIpc) is 2.81. The molecule has 1 heterocycles. The molecule has 0 saturated heterocycles. The molecule has 0 spiro atoms. The molecule has 1 N–H and O–H groups in total. The van der Waals surface area contributed by atoms with Crippen LogP contribution in [0.2, 0.25) is 0 Å². The molecule has 106 valence electrons. The van der Waals surface area contributed by atoms with Gasteiger partial charge in [-0.05, 0) is 43.2 Å². The highest BCUT2D eigenvalue weighted by Crippen LogP contribution is 2.27. The maximum atomic E-state index is 4.56. The summed E-state index contributed by atoms with van der Waals surface area (Å²) in [5.74, 6) is 0. The normalized spacial score (nSPS) is 16.4. The van der Waals surface area contributed by atoms with E-state index < -0.39 is 0 Å². The summed E-state index contributed by atoms with van der Waals surface area (Å²) < 4.78 is 0. The number of aryl methyl sites for hydroxylation is 1. The van der Waals surface area contributed by atoms with Gasteiger partial charge in [0.15, 0.2) is 0 Å². The summed E-state index contributed by atoms with van der Waals surface area (Å²) in [5, 5.41) is 3.69. The molecule has 1 aromatic rings. The Hall–Kier alpha value is -0.960. The molecule has 0 radical (unpaired) electrons. The Morgan fingerprint density at radius 1 is 1.26 bits per heavy atom. The number of nitrogens with zero attached hydrogens (tertiary/aromatic N) is 2. The molecule has 0 aromatic carbocycles. The number of aromatic nitrogens is 2. The van der Waals surface area contributed by atoms with Crippen molar-refractivity contribution < 1.29 is 0 Å². The first kappa shape index (κ1) is 14.4. The predicted molar refractivity (Wildman–Crippen MR) is 79.3 cm³/mol. The van der Waals surface area contributed by atoms with Gasteiger partial charge in [0.2, 0.25) is 0 Å². The van der Waals surface area contributed by atoms with Crippen molar-refractivity contribution in [3.05, 3.63) is 23.3 Å². The standard InChI is InChI=1S/C16H27N3/c1-5-9-17-15(16(2,3)4)10-14-12-7-6-8-13(12)18-11-19-14/h11,15,17H,5-10H2,1-4H3. The summed E-state index contributed by atoms with van der Waals surface area (Å²) in [6.07, 6.45) is 7.48. The van der Waals surface area contributed by atoms with Crippen LogP contribution in [0.15, 0.2) is 6.33 Å². The first-order valence-electron chi connectivity index (χ1n) is 7.57. The fraction of sp³-hybridized carbons (Fsp3) is 0.750. The van der Waals surface area contributed by atoms with Gasteiger partial charge < -0.3 is 5.32 Å². The molecule has 1 unspecified atom stereocenters. The molecule has 1 aliphatic carbocycles. The summed E-state index contributed by atoms with van der Waals surface area (Å²) in [6, 6.07) is 0.479. The van der Waals surface area contributed by atoms with E-state index in [4.69, 9.17) is 0 Å². The van der Waals surface area contributed by atoms with Crippen molar-refractivity contribution in [2.24, 2.45) is 5.41 Å². The first-order chi connectivity index (χ1) is 9.02. The Kier molecular flexibility index (Phi) is 4.56. The van der Waals surface area contributed by atoms with Crippen molar-refractivity contribution >= 4 is 0 Å². The molecule has 0 amide bonds. The number of hydrogen-bond donors (Lipinski definition) is 1. The van der Waals surface area contributed by atoms with Gasteiger partial charge >= 0.3 is 0 Å². The van der Waals surface area contributed by atoms with Gasteiger partial charge in [0.05, 0.1) is 0 Å². The van der Waals surface area contributed by atoms with Crippen LogP contribution >= 0.6 is 0 Å². The van der Waals surface area contributed by atoms with Gasteiger partial charge in [-0.25, -0.2) is 9.97 Å². The summed E-state index contributed by atoms with van der Waals surface area (Å²) in [4.78, 5) is 8.98. The van der Waals surface area contributed by atoms with E-state index in [1.54, 1.807) is 6.33 Å². The second kappa shape index (κ2) is 6.00. The van der Waals surface area contributed by atoms with Gasteiger partial charge in [-0.3, -0.25) is 0 Å². The monoisotopic (exact) mass is 261 g/mol. The molecule has 1 aromatic heterocycles. The van der Waals surface area contributed by atoms with Crippen LogP contribution in [-0.4, -0.2) is 22.6 Å². The van der Waals surface area contributed by atoms with Gasteiger partial charge in [-0.2, -0.15) is 0 Å². The largest absolute Gasteiger partial charge is 0.313 e. The Bertz CT molecular complexity index is 420. The van der Waals surface area contributed by atoms with Gasteiger partial charge in [0.1, 0.15) is 6.33 Å². The SMILES string of the molecule is CCCNC(Cc1ncnc2c1CCC2)C(C)(C)C. The lowest BCUT2D eigenvalue weighted by molar-refractivity contribution is 0.265. The molecule has 19 heavy (non-hydrogen) atoms. The smallest absolute Gasteiger partial charge is 0.115 e. The zero-order chi connectivity index (χ0) is 13.9. The molecule has 0 fully saturated rings. The third kappa shape index (κ3) is 3.53. The molecule has 1 aliphatic rings. The van der Waals surface area contributed by atoms with E-state index in [2.05, 4.69) is 43.0 Å². The van der Waals surface area contributed by atoms with Crippen LogP contribution in [0.1, 0.15) is 57.5 Å². The summed E-state index contributed by atoms with van der Waals surface area (Å²) in [7, 11) is 0. The van der Waals surface area contributed by atoms with Crippen LogP contribution in [-0.2, 0) is 19.3 Å². The van der Waals surface area contributed by atoms with Crippen LogP contribution in [0, 0.1) is 5.41 Å². The molecule has 0 bridgehead atoms. The third-order valence-corrected chi connectivity index (χ3v) is 4.05. The predicted octanol–water partition coefficient (Wildman–Crippen LogP) is 2.92. The lowest BCUT2D eigenvalue weighted by Gasteiger charge is -2.32. The van der Waals surface area contributed by atoms with E-state index in [9.17, 15) is 0 Å². The molecule has 1 atom stereocenters. The molecule has 3 heteroatoms. The molecule has 0 aliphatic heterocycles. The summed E-state index contributed by atoms with van der Waals surface area (Å²) >= 11 is 0. The number of fused-ring (bicyclic) bond motifs is 1. The fourth-order valence-corrected chi connectivity index (χ4v) is 2.80. The van der Waals surface area contributed by atoms with E-state index in [0.29, 0.717) is 6.04 Å². The first-order valence-corrected chi connectivity index (χ1v) is 7.57. The third-order valence-electron chi connectivity index (χ3n) is 4.05. The minimum Gasteiger partial charge on any atom is -0.313 e. The Morgan fingerprint density at radius 2 is 2.05 bits per heavy atom. The van der Waals surface area contributed by atoms with Crippen LogP contribution in [0.4, 0.5) is 0 Å². The molecule has 0 saturated carbocycles. The van der Waals surface area contributed by atoms with Crippen LogP contribution in [0.5, 0.6) is 0 Å². The summed E-state index contributed by atoms with van der Waals surface area (Å²) in [6.45, 7) is 10.2. The molecule has 3 nitrogen and oxygen atoms in total. The lowest BCUT2D eigenvalue weighted by Crippen LogP contribution is -2.42. The van der Waals surface area contributed by atoms with Crippen LogP contribution in [0.25, 0.3) is 0 Å². The zero-order valence-electron chi connectivity index (χ0n) is 12.8. The van der Waals surface area contributed by atoms with E-state index >= 15 is 0 Å². The van der Waals surface area contributed by atoms with Gasteiger partial charge in [-0.15, -0.1) is 0 Å². The van der Waals surface area contributed by atoms with Crippen molar-refractivity contribution in [1.29, 1.82) is 0 Å². The Balaban J connectivity index is 2.15.